The number of hydrogen-bond acceptors (Lipinski definition) is 14. The third-order valence-electron chi connectivity index (χ3n) is 16.1. The molecule has 3 saturated heterocycles. The fourth-order valence-electron chi connectivity index (χ4n) is 12.0. The second kappa shape index (κ2) is 18.5. The second-order valence-corrected chi connectivity index (χ2v) is 23.0. The number of aromatic nitrogens is 2. The van der Waals surface area contributed by atoms with Crippen LogP contribution in [0.3, 0.4) is 0 Å². The van der Waals surface area contributed by atoms with Crippen LogP contribution in [0.1, 0.15) is 112 Å². The van der Waals surface area contributed by atoms with Crippen LogP contribution in [0, 0.1) is 16.2 Å². The summed E-state index contributed by atoms with van der Waals surface area (Å²) in [4.78, 5) is 39.1. The zero-order chi connectivity index (χ0) is 48.4. The van der Waals surface area contributed by atoms with Crippen LogP contribution < -0.4 is 29.1 Å². The molecular weight excluding hydrogens is 911 g/mol. The van der Waals surface area contributed by atoms with Crippen LogP contribution in [-0.2, 0) is 14.8 Å². The highest BCUT2D eigenvalue weighted by Gasteiger charge is 2.49. The van der Waals surface area contributed by atoms with Crippen LogP contribution in [-0.4, -0.2) is 104 Å². The zero-order valence-corrected chi connectivity index (χ0v) is 40.9. The molecule has 16 nitrogen and oxygen atoms in total. The molecule has 5 fully saturated rings. The number of nitrogens with one attached hydrogen (secondary N) is 3. The number of fused-ring (bicyclic) bond motifs is 2. The lowest BCUT2D eigenvalue weighted by atomic mass is 9.70. The van der Waals surface area contributed by atoms with Crippen LogP contribution >= 0.6 is 0 Å². The number of piperidine rings is 1. The molecular formula is C53H63N7O9S. The van der Waals surface area contributed by atoms with Crippen molar-refractivity contribution in [1.82, 2.24) is 19.6 Å². The van der Waals surface area contributed by atoms with Gasteiger partial charge in [-0.05, 0) is 128 Å². The Labute approximate surface area is 408 Å². The standard InChI is InChI=1S/C53H63N7O9S/c1-32(2)38-7-4-5-8-39(38)40-9-6-10-44(40)60-30-53(31-60)18-21-59(22-19-53)35-11-12-41(45(24-35)69-47-23-34-15-20-54-49(34)56-51(47)68-36-27-66-28-36)50(61)58-70(64,65)37-25-42(57-63)48-46(26-37)67-29-43(55-48)33-13-16-52(3,62)17-14-33/h4-5,7-8,11-12,15,20,23-26,32-33,36,40,43-44,55,62H,6,9-10,13-14,16-19,21-22,27-31H2,1-3H3,(H,54,56)(H,58,61)/t33-,40-,43+,44-,52-/m0/s1. The number of sulfonamides is 1. The summed E-state index contributed by atoms with van der Waals surface area (Å²) < 4.78 is 54.7. The fraction of sp³-hybridized carbons (Fsp3) is 0.509. The van der Waals surface area contributed by atoms with E-state index in [1.807, 2.05) is 19.1 Å². The maximum Gasteiger partial charge on any atom is 0.268 e. The Balaban J connectivity index is 0.830. The summed E-state index contributed by atoms with van der Waals surface area (Å²) in [7, 11) is -4.59. The van der Waals surface area contributed by atoms with Gasteiger partial charge in [0.15, 0.2) is 5.75 Å². The van der Waals surface area contributed by atoms with E-state index in [1.165, 1.54) is 36.5 Å². The molecule has 0 radical (unpaired) electrons. The molecule has 1 spiro atoms. The SMILES string of the molecule is CC(C)c1ccccc1[C@@H]1CCC[C@@H]1N1CC2(CCN(c3ccc(C(=O)NS(=O)(=O)c4cc(N=O)c5c(c4)OC[C@H]([C@H]4CC[C@](C)(O)CC4)N5)c(Oc4cc5cc[nH]c5nc4OC4COC4)c3)CC2)C1. The van der Waals surface area contributed by atoms with Gasteiger partial charge >= 0.3 is 0 Å². The second-order valence-electron chi connectivity index (χ2n) is 21.3. The summed E-state index contributed by atoms with van der Waals surface area (Å²) in [6.07, 6.45) is 10.1. The summed E-state index contributed by atoms with van der Waals surface area (Å²) in [6.45, 7) is 11.3. The molecule has 4 N–H and O–H groups in total. The molecule has 2 saturated carbocycles. The summed E-state index contributed by atoms with van der Waals surface area (Å²) in [6, 6.07) is 20.7. The van der Waals surface area contributed by atoms with Gasteiger partial charge in [0.05, 0.1) is 35.3 Å². The van der Waals surface area contributed by atoms with Gasteiger partial charge in [-0.25, -0.2) is 13.1 Å². The Kier molecular flexibility index (Phi) is 12.3. The van der Waals surface area contributed by atoms with Crippen molar-refractivity contribution in [2.75, 3.05) is 56.2 Å². The number of pyridine rings is 1. The first-order valence-electron chi connectivity index (χ1n) is 25.1. The van der Waals surface area contributed by atoms with Gasteiger partial charge in [-0.3, -0.25) is 9.69 Å². The van der Waals surface area contributed by atoms with Crippen LogP contribution in [0.2, 0.25) is 0 Å². The molecule has 0 unspecified atom stereocenters. The number of likely N-dealkylation sites (tertiary alicyclic amines) is 1. The highest BCUT2D eigenvalue weighted by Crippen LogP contribution is 2.50. The molecule has 70 heavy (non-hydrogen) atoms. The number of anilines is 2. The van der Waals surface area contributed by atoms with Gasteiger partial charge in [0, 0.05) is 61.6 Å². The lowest BCUT2D eigenvalue weighted by Gasteiger charge is -2.57. The Bertz CT molecular complexity index is 2890. The smallest absolute Gasteiger partial charge is 0.268 e. The minimum absolute atomic E-state index is 0.0356. The number of hydrogen-bond donors (Lipinski definition) is 4. The summed E-state index contributed by atoms with van der Waals surface area (Å²) in [5.41, 5.74) is 4.07. The number of H-pyrrole nitrogens is 1. The number of nitrogens with zero attached hydrogens (tertiary/aromatic N) is 4. The number of rotatable bonds is 13. The van der Waals surface area contributed by atoms with E-state index in [0.29, 0.717) is 55.3 Å². The molecule has 5 aromatic rings. The Morgan fingerprint density at radius 3 is 2.49 bits per heavy atom. The van der Waals surface area contributed by atoms with Crippen molar-refractivity contribution in [1.29, 1.82) is 0 Å². The summed E-state index contributed by atoms with van der Waals surface area (Å²) in [5.74, 6) is 1.01. The maximum atomic E-state index is 14.4. The van der Waals surface area contributed by atoms with Crippen molar-refractivity contribution in [3.63, 3.8) is 0 Å². The van der Waals surface area contributed by atoms with E-state index in [-0.39, 0.29) is 69.4 Å². The number of aliphatic hydroxyl groups is 1. The van der Waals surface area contributed by atoms with Gasteiger partial charge in [0.1, 0.15) is 41.2 Å². The van der Waals surface area contributed by atoms with Crippen molar-refractivity contribution >= 4 is 44.0 Å². The van der Waals surface area contributed by atoms with E-state index in [0.717, 1.165) is 69.0 Å². The first-order chi connectivity index (χ1) is 33.7. The van der Waals surface area contributed by atoms with Crippen molar-refractivity contribution in [2.45, 2.75) is 119 Å². The topological polar surface area (TPSA) is 197 Å². The molecule has 2 aliphatic carbocycles. The Morgan fingerprint density at radius 2 is 1.74 bits per heavy atom. The number of aromatic amines is 1. The average Bonchev–Trinajstić information content (AvgIpc) is 4.01. The van der Waals surface area contributed by atoms with Crippen LogP contribution in [0.15, 0.2) is 83.0 Å². The molecule has 3 aromatic carbocycles. The quantitative estimate of drug-likeness (QED) is 0.0816. The normalized spacial score (nSPS) is 25.6. The van der Waals surface area contributed by atoms with Gasteiger partial charge in [-0.15, -0.1) is 4.91 Å². The monoisotopic (exact) mass is 973 g/mol. The predicted octanol–water partition coefficient (Wildman–Crippen LogP) is 9.13. The molecule has 2 aromatic heterocycles. The van der Waals surface area contributed by atoms with Crippen molar-refractivity contribution < 1.29 is 37.3 Å². The van der Waals surface area contributed by atoms with E-state index in [1.54, 1.807) is 24.4 Å². The number of nitroso groups, excluding NO2 is 1. The summed E-state index contributed by atoms with van der Waals surface area (Å²) >= 11 is 0. The molecule has 3 atom stereocenters. The van der Waals surface area contributed by atoms with Gasteiger partial charge in [0.25, 0.3) is 21.8 Å². The minimum Gasteiger partial charge on any atom is -0.489 e. The first kappa shape index (κ1) is 46.6. The molecule has 17 heteroatoms. The first-order valence-corrected chi connectivity index (χ1v) is 26.5. The molecule has 370 valence electrons. The molecule has 11 rings (SSSR count). The number of carbonyl (C=O) groups excluding carboxylic acids is 1. The average molecular weight is 974 g/mol. The van der Waals surface area contributed by atoms with E-state index < -0.39 is 21.5 Å². The number of benzene rings is 3. The Hall–Kier alpha value is -5.75. The molecule has 6 aliphatic rings. The van der Waals surface area contributed by atoms with Gasteiger partial charge in [-0.1, -0.05) is 44.5 Å². The summed E-state index contributed by atoms with van der Waals surface area (Å²) in [5, 5.41) is 17.8. The molecule has 1 amide bonds. The predicted molar refractivity (Wildman–Crippen MR) is 266 cm³/mol. The van der Waals surface area contributed by atoms with Gasteiger partial charge in [0.2, 0.25) is 0 Å². The number of amides is 1. The van der Waals surface area contributed by atoms with E-state index >= 15 is 0 Å². The van der Waals surface area contributed by atoms with Crippen molar-refractivity contribution in [3.05, 3.63) is 94.5 Å². The molecule has 4 aliphatic heterocycles. The molecule has 6 heterocycles. The van der Waals surface area contributed by atoms with Crippen molar-refractivity contribution in [2.24, 2.45) is 16.5 Å². The number of carbonyl (C=O) groups is 1. The van der Waals surface area contributed by atoms with Crippen molar-refractivity contribution in [3.8, 4) is 23.1 Å². The Morgan fingerprint density at radius 1 is 0.957 bits per heavy atom. The maximum absolute atomic E-state index is 14.4. The molecule has 0 bridgehead atoms. The highest BCUT2D eigenvalue weighted by atomic mass is 32.2. The fourth-order valence-corrected chi connectivity index (χ4v) is 13.0. The largest absolute Gasteiger partial charge is 0.489 e. The van der Waals surface area contributed by atoms with Crippen LogP contribution in [0.25, 0.3) is 11.0 Å². The van der Waals surface area contributed by atoms with Crippen LogP contribution in [0.4, 0.5) is 17.1 Å². The van der Waals surface area contributed by atoms with Gasteiger partial charge < -0.3 is 39.3 Å². The van der Waals surface area contributed by atoms with E-state index in [9.17, 15) is 23.2 Å². The lowest BCUT2D eigenvalue weighted by molar-refractivity contribution is -0.0818. The van der Waals surface area contributed by atoms with Crippen LogP contribution in [0.5, 0.6) is 23.1 Å². The lowest BCUT2D eigenvalue weighted by Crippen LogP contribution is -2.63. The third kappa shape index (κ3) is 9.09. The van der Waals surface area contributed by atoms with E-state index in [4.69, 9.17) is 23.9 Å². The van der Waals surface area contributed by atoms with Gasteiger partial charge in [-0.2, -0.15) is 4.98 Å². The van der Waals surface area contributed by atoms with E-state index in [2.05, 4.69) is 68.1 Å². The zero-order valence-electron chi connectivity index (χ0n) is 40.1. The minimum atomic E-state index is -4.59. The third-order valence-corrected chi connectivity index (χ3v) is 17.4. The highest BCUT2D eigenvalue weighted by molar-refractivity contribution is 7.90. The number of ether oxygens (including phenoxy) is 4.